The molecule has 2 heteroatoms. The zero-order chi connectivity index (χ0) is 7.28. The highest BCUT2D eigenvalue weighted by atomic mass is 14.6. The Morgan fingerprint density at radius 3 is 1.90 bits per heavy atom. The highest BCUT2D eigenvalue weighted by molar-refractivity contribution is 4.54. The van der Waals surface area contributed by atoms with Gasteiger partial charge in [0.25, 0.3) is 0 Å². The summed E-state index contributed by atoms with van der Waals surface area (Å²) in [5.41, 5.74) is 5.58. The van der Waals surface area contributed by atoms with E-state index in [9.17, 15) is 0 Å². The van der Waals surface area contributed by atoms with Crippen LogP contribution in [0.15, 0.2) is 0 Å². The fourth-order valence-electron chi connectivity index (χ4n) is 0.848. The molecule has 0 aliphatic carbocycles. The van der Waals surface area contributed by atoms with E-state index in [0.717, 1.165) is 5.92 Å². The molecule has 0 aliphatic heterocycles. The molecule has 10 heavy (non-hydrogen) atoms. The van der Waals surface area contributed by atoms with Gasteiger partial charge in [-0.05, 0) is 19.3 Å². The van der Waals surface area contributed by atoms with Gasteiger partial charge in [-0.25, -0.2) is 0 Å². The smallest absolute Gasteiger partial charge is 0.00104 e. The fraction of sp³-hybridized carbons (Fsp3) is 1.00. The van der Waals surface area contributed by atoms with Crippen LogP contribution in [0.1, 0.15) is 40.0 Å². The predicted molar refractivity (Wildman–Crippen MR) is 47.4 cm³/mol. The molecule has 1 unspecified atom stereocenters. The average Bonchev–Trinajstić information content (AvgIpc) is 1.63. The second kappa shape index (κ2) is 7.03. The molecule has 0 aliphatic rings. The maximum atomic E-state index is 5.58. The first-order chi connectivity index (χ1) is 4.13. The standard InChI is InChI=1S/C8H19N.H3N/c1-7(2)5-4-6-8(3)9;/h7-8H,4-6,9H2,1-3H3;1H3. The lowest BCUT2D eigenvalue weighted by atomic mass is 10.0. The molecule has 0 radical (unpaired) electrons. The van der Waals surface area contributed by atoms with E-state index >= 15 is 0 Å². The summed E-state index contributed by atoms with van der Waals surface area (Å²) in [7, 11) is 0. The third kappa shape index (κ3) is 10.8. The zero-order valence-corrected chi connectivity index (χ0v) is 7.56. The molecule has 0 spiro atoms. The summed E-state index contributed by atoms with van der Waals surface area (Å²) in [5.74, 6) is 0.837. The fourth-order valence-corrected chi connectivity index (χ4v) is 0.848. The minimum absolute atomic E-state index is 0. The van der Waals surface area contributed by atoms with Gasteiger partial charge in [0.1, 0.15) is 0 Å². The summed E-state index contributed by atoms with van der Waals surface area (Å²) in [4.78, 5) is 0. The van der Waals surface area contributed by atoms with Crippen molar-refractivity contribution < 1.29 is 0 Å². The minimum Gasteiger partial charge on any atom is -0.344 e. The van der Waals surface area contributed by atoms with Crippen LogP contribution in [0.3, 0.4) is 0 Å². The van der Waals surface area contributed by atoms with Crippen molar-refractivity contribution in [3.05, 3.63) is 0 Å². The molecular formula is C8H22N2. The van der Waals surface area contributed by atoms with Crippen molar-refractivity contribution in [3.63, 3.8) is 0 Å². The van der Waals surface area contributed by atoms with Crippen molar-refractivity contribution in [2.75, 3.05) is 0 Å². The highest BCUT2D eigenvalue weighted by Gasteiger charge is 1.95. The van der Waals surface area contributed by atoms with Crippen LogP contribution >= 0.6 is 0 Å². The van der Waals surface area contributed by atoms with Crippen molar-refractivity contribution in [2.24, 2.45) is 11.7 Å². The molecule has 0 aromatic carbocycles. The van der Waals surface area contributed by atoms with E-state index in [4.69, 9.17) is 5.73 Å². The summed E-state index contributed by atoms with van der Waals surface area (Å²) in [5, 5.41) is 0. The summed E-state index contributed by atoms with van der Waals surface area (Å²) < 4.78 is 0. The molecule has 0 rings (SSSR count). The Kier molecular flexibility index (Phi) is 8.85. The van der Waals surface area contributed by atoms with E-state index in [-0.39, 0.29) is 6.15 Å². The average molecular weight is 146 g/mol. The van der Waals surface area contributed by atoms with Crippen molar-refractivity contribution in [2.45, 2.75) is 46.1 Å². The third-order valence-corrected chi connectivity index (χ3v) is 1.44. The van der Waals surface area contributed by atoms with Crippen molar-refractivity contribution in [1.82, 2.24) is 6.15 Å². The Balaban J connectivity index is 0. The molecule has 0 heterocycles. The summed E-state index contributed by atoms with van der Waals surface area (Å²) in [6.07, 6.45) is 3.79. The van der Waals surface area contributed by atoms with Crippen LogP contribution in [0.2, 0.25) is 0 Å². The molecule has 0 aromatic rings. The molecule has 0 aromatic heterocycles. The summed E-state index contributed by atoms with van der Waals surface area (Å²) in [6, 6.07) is 0.392. The Morgan fingerprint density at radius 1 is 1.10 bits per heavy atom. The van der Waals surface area contributed by atoms with Gasteiger partial charge in [0.2, 0.25) is 0 Å². The lowest BCUT2D eigenvalue weighted by Crippen LogP contribution is -2.14. The summed E-state index contributed by atoms with van der Waals surface area (Å²) >= 11 is 0. The van der Waals surface area contributed by atoms with Crippen LogP contribution in [0.5, 0.6) is 0 Å². The van der Waals surface area contributed by atoms with Gasteiger partial charge in [-0.2, -0.15) is 0 Å². The molecule has 1 atom stereocenters. The van der Waals surface area contributed by atoms with Gasteiger partial charge >= 0.3 is 0 Å². The molecule has 2 nitrogen and oxygen atoms in total. The lowest BCUT2D eigenvalue weighted by Gasteiger charge is -2.05. The van der Waals surface area contributed by atoms with E-state index in [1.54, 1.807) is 0 Å². The van der Waals surface area contributed by atoms with Crippen LogP contribution < -0.4 is 11.9 Å². The Hall–Kier alpha value is -0.0800. The zero-order valence-electron chi connectivity index (χ0n) is 7.56. The number of nitrogens with two attached hydrogens (primary N) is 1. The molecule has 0 saturated heterocycles. The van der Waals surface area contributed by atoms with Crippen LogP contribution in [-0.2, 0) is 0 Å². The molecule has 0 amide bonds. The van der Waals surface area contributed by atoms with E-state index in [2.05, 4.69) is 20.8 Å². The summed E-state index contributed by atoms with van der Waals surface area (Å²) in [6.45, 7) is 6.57. The molecule has 0 bridgehead atoms. The number of hydrogen-bond donors (Lipinski definition) is 2. The first-order valence-corrected chi connectivity index (χ1v) is 3.88. The van der Waals surface area contributed by atoms with E-state index in [1.165, 1.54) is 19.3 Å². The van der Waals surface area contributed by atoms with Crippen LogP contribution in [0.25, 0.3) is 0 Å². The molecule has 0 fully saturated rings. The monoisotopic (exact) mass is 146 g/mol. The Bertz CT molecular complexity index is 52.3. The molecular weight excluding hydrogens is 124 g/mol. The van der Waals surface area contributed by atoms with Crippen molar-refractivity contribution in [1.29, 1.82) is 0 Å². The number of hydrogen-bond acceptors (Lipinski definition) is 2. The predicted octanol–water partition coefficient (Wildman–Crippen LogP) is 2.32. The van der Waals surface area contributed by atoms with Crippen LogP contribution in [0, 0.1) is 5.92 Å². The van der Waals surface area contributed by atoms with Gasteiger partial charge in [0.05, 0.1) is 0 Å². The normalized spacial score (nSPS) is 12.9. The van der Waals surface area contributed by atoms with Crippen LogP contribution in [0.4, 0.5) is 0 Å². The van der Waals surface area contributed by atoms with E-state index in [1.807, 2.05) is 0 Å². The van der Waals surface area contributed by atoms with Crippen molar-refractivity contribution in [3.8, 4) is 0 Å². The second-order valence-electron chi connectivity index (χ2n) is 3.30. The Morgan fingerprint density at radius 2 is 1.60 bits per heavy atom. The first kappa shape index (κ1) is 12.6. The maximum absolute atomic E-state index is 5.58. The molecule has 0 saturated carbocycles. The van der Waals surface area contributed by atoms with Gasteiger partial charge in [-0.3, -0.25) is 0 Å². The van der Waals surface area contributed by atoms with E-state index < -0.39 is 0 Å². The van der Waals surface area contributed by atoms with Gasteiger partial charge in [0, 0.05) is 6.04 Å². The van der Waals surface area contributed by atoms with Crippen LogP contribution in [-0.4, -0.2) is 6.04 Å². The topological polar surface area (TPSA) is 61.0 Å². The first-order valence-electron chi connectivity index (χ1n) is 3.88. The third-order valence-electron chi connectivity index (χ3n) is 1.44. The Labute approximate surface area is 64.8 Å². The van der Waals surface area contributed by atoms with Gasteiger partial charge in [-0.15, -0.1) is 0 Å². The van der Waals surface area contributed by atoms with Gasteiger partial charge in [0.15, 0.2) is 0 Å². The van der Waals surface area contributed by atoms with Gasteiger partial charge < -0.3 is 11.9 Å². The highest BCUT2D eigenvalue weighted by Crippen LogP contribution is 2.06. The van der Waals surface area contributed by atoms with Gasteiger partial charge in [-0.1, -0.05) is 26.7 Å². The quantitative estimate of drug-likeness (QED) is 0.639. The van der Waals surface area contributed by atoms with E-state index in [0.29, 0.717) is 6.04 Å². The molecule has 64 valence electrons. The maximum Gasteiger partial charge on any atom is 0.00104 e. The number of rotatable bonds is 4. The minimum atomic E-state index is 0. The molecule has 5 N–H and O–H groups in total. The lowest BCUT2D eigenvalue weighted by molar-refractivity contribution is 0.511. The van der Waals surface area contributed by atoms with Crippen molar-refractivity contribution >= 4 is 0 Å². The SMILES string of the molecule is CC(C)CCCC(C)N.N. The largest absolute Gasteiger partial charge is 0.344 e. The second-order valence-corrected chi connectivity index (χ2v) is 3.30.